The van der Waals surface area contributed by atoms with Crippen molar-refractivity contribution in [3.8, 4) is 0 Å². The second-order valence-electron chi connectivity index (χ2n) is 6.74. The molecule has 7 heteroatoms. The SMILES string of the molecule is CC(=O)N1CCn2c1nc1c2CN(CCCC[C@H](C)O)CN1C. The average molecular weight is 321 g/mol. The molecular weight excluding hydrogens is 294 g/mol. The number of fused-ring (bicyclic) bond motifs is 3. The van der Waals surface area contributed by atoms with Gasteiger partial charge in [-0.2, -0.15) is 4.98 Å². The predicted octanol–water partition coefficient (Wildman–Crippen LogP) is 1.01. The van der Waals surface area contributed by atoms with E-state index < -0.39 is 0 Å². The van der Waals surface area contributed by atoms with Crippen LogP contribution in [0.5, 0.6) is 0 Å². The molecule has 1 amide bonds. The van der Waals surface area contributed by atoms with Crippen molar-refractivity contribution < 1.29 is 9.90 Å². The Labute approximate surface area is 137 Å². The second kappa shape index (κ2) is 6.49. The van der Waals surface area contributed by atoms with E-state index in [0.29, 0.717) is 0 Å². The second-order valence-corrected chi connectivity index (χ2v) is 6.74. The minimum absolute atomic E-state index is 0.0590. The normalized spacial score (nSPS) is 19.0. The third-order valence-corrected chi connectivity index (χ3v) is 4.69. The summed E-state index contributed by atoms with van der Waals surface area (Å²) in [5.41, 5.74) is 1.22. The number of nitrogens with zero attached hydrogens (tertiary/aromatic N) is 5. The zero-order valence-electron chi connectivity index (χ0n) is 14.3. The Kier molecular flexibility index (Phi) is 4.59. The van der Waals surface area contributed by atoms with Gasteiger partial charge in [0.15, 0.2) is 5.82 Å². The number of unbranched alkanes of at least 4 members (excludes halogenated alkanes) is 1. The van der Waals surface area contributed by atoms with Gasteiger partial charge in [-0.3, -0.25) is 14.6 Å². The van der Waals surface area contributed by atoms with Crippen LogP contribution in [0.2, 0.25) is 0 Å². The monoisotopic (exact) mass is 321 g/mol. The molecule has 0 saturated carbocycles. The molecule has 2 aliphatic rings. The molecule has 2 aliphatic heterocycles. The third-order valence-electron chi connectivity index (χ3n) is 4.69. The molecule has 1 aromatic rings. The number of hydrogen-bond donors (Lipinski definition) is 1. The first kappa shape index (κ1) is 16.3. The first-order chi connectivity index (χ1) is 11.0. The summed E-state index contributed by atoms with van der Waals surface area (Å²) in [6.45, 7) is 7.77. The van der Waals surface area contributed by atoms with Gasteiger partial charge in [-0.1, -0.05) is 0 Å². The maximum absolute atomic E-state index is 11.7. The molecule has 1 aromatic heterocycles. The molecule has 0 fully saturated rings. The number of imidazole rings is 1. The fourth-order valence-electron chi connectivity index (χ4n) is 3.52. The summed E-state index contributed by atoms with van der Waals surface area (Å²) in [6.07, 6.45) is 2.80. The Morgan fingerprint density at radius 1 is 1.35 bits per heavy atom. The van der Waals surface area contributed by atoms with E-state index in [1.807, 2.05) is 6.92 Å². The summed E-state index contributed by atoms with van der Waals surface area (Å²) in [7, 11) is 2.06. The van der Waals surface area contributed by atoms with Crippen LogP contribution in [0.4, 0.5) is 11.8 Å². The van der Waals surface area contributed by atoms with E-state index in [2.05, 4.69) is 21.4 Å². The largest absolute Gasteiger partial charge is 0.393 e. The van der Waals surface area contributed by atoms with E-state index >= 15 is 0 Å². The summed E-state index contributed by atoms with van der Waals surface area (Å²) < 4.78 is 2.19. The van der Waals surface area contributed by atoms with Crippen molar-refractivity contribution in [3.05, 3.63) is 5.69 Å². The van der Waals surface area contributed by atoms with Gasteiger partial charge in [0.2, 0.25) is 11.9 Å². The van der Waals surface area contributed by atoms with E-state index in [4.69, 9.17) is 4.98 Å². The average Bonchev–Trinajstić information content (AvgIpc) is 3.03. The Bertz CT molecular complexity index is 583. The quantitative estimate of drug-likeness (QED) is 0.820. The van der Waals surface area contributed by atoms with E-state index in [-0.39, 0.29) is 12.0 Å². The van der Waals surface area contributed by atoms with E-state index in [1.165, 1.54) is 5.69 Å². The van der Waals surface area contributed by atoms with Crippen LogP contribution >= 0.6 is 0 Å². The first-order valence-corrected chi connectivity index (χ1v) is 8.46. The predicted molar refractivity (Wildman–Crippen MR) is 89.5 cm³/mol. The molecule has 1 N–H and O–H groups in total. The summed E-state index contributed by atoms with van der Waals surface area (Å²) in [6, 6.07) is 0. The Morgan fingerprint density at radius 3 is 2.83 bits per heavy atom. The molecule has 0 unspecified atom stereocenters. The van der Waals surface area contributed by atoms with Crippen molar-refractivity contribution in [2.45, 2.75) is 52.3 Å². The van der Waals surface area contributed by atoms with E-state index in [9.17, 15) is 9.90 Å². The molecule has 0 radical (unpaired) electrons. The van der Waals surface area contributed by atoms with Crippen LogP contribution in [-0.4, -0.2) is 58.4 Å². The lowest BCUT2D eigenvalue weighted by Gasteiger charge is -2.34. The number of anilines is 2. The van der Waals surface area contributed by atoms with Gasteiger partial charge in [0, 0.05) is 40.2 Å². The van der Waals surface area contributed by atoms with Crippen LogP contribution in [0, 0.1) is 0 Å². The van der Waals surface area contributed by atoms with Crippen LogP contribution in [0.25, 0.3) is 0 Å². The van der Waals surface area contributed by atoms with Crippen LogP contribution < -0.4 is 9.80 Å². The molecule has 1 atom stereocenters. The van der Waals surface area contributed by atoms with Crippen LogP contribution in [0.15, 0.2) is 0 Å². The van der Waals surface area contributed by atoms with Crippen molar-refractivity contribution in [3.63, 3.8) is 0 Å². The van der Waals surface area contributed by atoms with E-state index in [1.54, 1.807) is 11.8 Å². The molecule has 7 nitrogen and oxygen atoms in total. The number of aliphatic hydroxyl groups excluding tert-OH is 1. The number of aliphatic hydroxyl groups is 1. The number of hydrogen-bond acceptors (Lipinski definition) is 5. The molecule has 0 aliphatic carbocycles. The number of carbonyl (C=O) groups excluding carboxylic acids is 1. The van der Waals surface area contributed by atoms with Crippen molar-refractivity contribution in [2.24, 2.45) is 0 Å². The minimum Gasteiger partial charge on any atom is -0.393 e. The van der Waals surface area contributed by atoms with E-state index in [0.717, 1.165) is 63.9 Å². The van der Waals surface area contributed by atoms with Gasteiger partial charge in [-0.15, -0.1) is 0 Å². The molecular formula is C16H27N5O2. The number of carbonyl (C=O) groups is 1. The van der Waals surface area contributed by atoms with Crippen molar-refractivity contribution in [2.75, 3.05) is 36.6 Å². The standard InChI is InChI=1S/C16H27N5O2/c1-12(22)6-4-5-7-19-10-14-15(18(3)11-19)17-16-20(13(2)23)8-9-21(14)16/h12,22H,4-11H2,1-3H3/t12-/m0/s1. The maximum Gasteiger partial charge on any atom is 0.226 e. The zero-order valence-corrected chi connectivity index (χ0v) is 14.3. The lowest BCUT2D eigenvalue weighted by Crippen LogP contribution is -2.41. The Morgan fingerprint density at radius 2 is 2.13 bits per heavy atom. The van der Waals surface area contributed by atoms with Crippen LogP contribution in [0.1, 0.15) is 38.8 Å². The van der Waals surface area contributed by atoms with Crippen molar-refractivity contribution in [1.29, 1.82) is 0 Å². The van der Waals surface area contributed by atoms with Gasteiger partial charge >= 0.3 is 0 Å². The van der Waals surface area contributed by atoms with Crippen molar-refractivity contribution >= 4 is 17.7 Å². The Hall–Kier alpha value is -1.60. The summed E-state index contributed by atoms with van der Waals surface area (Å²) in [4.78, 5) is 22.8. The maximum atomic E-state index is 11.7. The van der Waals surface area contributed by atoms with Crippen LogP contribution in [-0.2, 0) is 17.9 Å². The highest BCUT2D eigenvalue weighted by molar-refractivity contribution is 5.90. The fourth-order valence-corrected chi connectivity index (χ4v) is 3.52. The third kappa shape index (κ3) is 3.21. The molecule has 3 heterocycles. The summed E-state index contributed by atoms with van der Waals surface area (Å²) >= 11 is 0. The highest BCUT2D eigenvalue weighted by Gasteiger charge is 2.33. The highest BCUT2D eigenvalue weighted by atomic mass is 16.3. The van der Waals surface area contributed by atoms with Crippen LogP contribution in [0.3, 0.4) is 0 Å². The topological polar surface area (TPSA) is 64.8 Å². The van der Waals surface area contributed by atoms with Gasteiger partial charge in [0.05, 0.1) is 18.5 Å². The lowest BCUT2D eigenvalue weighted by atomic mass is 10.1. The molecule has 0 saturated heterocycles. The van der Waals surface area contributed by atoms with Gasteiger partial charge < -0.3 is 14.6 Å². The van der Waals surface area contributed by atoms with Gasteiger partial charge in [0.25, 0.3) is 0 Å². The summed E-state index contributed by atoms with van der Waals surface area (Å²) in [5, 5.41) is 9.34. The first-order valence-electron chi connectivity index (χ1n) is 8.46. The molecule has 3 rings (SSSR count). The summed E-state index contributed by atoms with van der Waals surface area (Å²) in [5.74, 6) is 1.86. The van der Waals surface area contributed by atoms with Gasteiger partial charge in [-0.25, -0.2) is 0 Å². The molecule has 0 aromatic carbocycles. The smallest absolute Gasteiger partial charge is 0.226 e. The minimum atomic E-state index is -0.207. The number of aromatic nitrogens is 2. The van der Waals surface area contributed by atoms with Crippen molar-refractivity contribution in [1.82, 2.24) is 14.5 Å². The Balaban J connectivity index is 1.68. The lowest BCUT2D eigenvalue weighted by molar-refractivity contribution is -0.116. The number of rotatable bonds is 5. The molecule has 0 spiro atoms. The molecule has 23 heavy (non-hydrogen) atoms. The molecule has 0 bridgehead atoms. The fraction of sp³-hybridized carbons (Fsp3) is 0.750. The van der Waals surface area contributed by atoms with Gasteiger partial charge in [0.1, 0.15) is 0 Å². The van der Waals surface area contributed by atoms with Gasteiger partial charge in [-0.05, 0) is 26.2 Å². The highest BCUT2D eigenvalue weighted by Crippen LogP contribution is 2.33. The number of amides is 1. The zero-order chi connectivity index (χ0) is 16.6. The molecule has 128 valence electrons.